The van der Waals surface area contributed by atoms with Gasteiger partial charge in [-0.15, -0.1) is 0 Å². The molecule has 1 heterocycles. The van der Waals surface area contributed by atoms with Crippen LogP contribution in [0, 0.1) is 17.6 Å². The highest BCUT2D eigenvalue weighted by Gasteiger charge is 2.36. The molecule has 40 heavy (non-hydrogen) atoms. The lowest BCUT2D eigenvalue weighted by molar-refractivity contribution is -0.140. The van der Waals surface area contributed by atoms with Crippen LogP contribution >= 0.6 is 0 Å². The van der Waals surface area contributed by atoms with Crippen LogP contribution in [-0.2, 0) is 20.9 Å². The van der Waals surface area contributed by atoms with Crippen molar-refractivity contribution in [3.05, 3.63) is 64.2 Å². The second-order valence-corrected chi connectivity index (χ2v) is 12.1. The number of nitrogens with zero attached hydrogens (tertiary/aromatic N) is 1. The highest BCUT2D eigenvalue weighted by molar-refractivity contribution is 7.89. The second kappa shape index (κ2) is 12.0. The zero-order valence-corrected chi connectivity index (χ0v) is 22.9. The van der Waals surface area contributed by atoms with E-state index in [0.717, 1.165) is 37.3 Å². The number of methoxy groups -OCH3 is 1. The molecular weight excluding hydrogens is 559 g/mol. The molecule has 13 heteroatoms. The first-order valence-electron chi connectivity index (χ1n) is 12.8. The minimum Gasteiger partial charge on any atom is -0.493 e. The van der Waals surface area contributed by atoms with E-state index in [0.29, 0.717) is 42.8 Å². The highest BCUT2D eigenvalue weighted by atomic mass is 32.2. The average Bonchev–Trinajstić information content (AvgIpc) is 3.70. The molecule has 7 nitrogen and oxygen atoms in total. The van der Waals surface area contributed by atoms with E-state index in [2.05, 4.69) is 0 Å². The molecule has 2 aromatic rings. The fraction of sp³-hybridized carbons (Fsp3) is 0.519. The van der Waals surface area contributed by atoms with Crippen LogP contribution in [0.15, 0.2) is 30.3 Å². The molecule has 1 aliphatic heterocycles. The van der Waals surface area contributed by atoms with Gasteiger partial charge in [0.05, 0.1) is 36.6 Å². The lowest BCUT2D eigenvalue weighted by atomic mass is 9.94. The third-order valence-electron chi connectivity index (χ3n) is 7.21. The summed E-state index contributed by atoms with van der Waals surface area (Å²) in [6, 6.07) is 4.97. The van der Waals surface area contributed by atoms with E-state index in [4.69, 9.17) is 9.47 Å². The van der Waals surface area contributed by atoms with Gasteiger partial charge >= 0.3 is 6.18 Å². The summed E-state index contributed by atoms with van der Waals surface area (Å²) in [5, 5.41) is 0. The van der Waals surface area contributed by atoms with Crippen LogP contribution in [0.25, 0.3) is 0 Å². The first-order valence-corrected chi connectivity index (χ1v) is 14.7. The van der Waals surface area contributed by atoms with E-state index < -0.39 is 45.3 Å². The monoisotopic (exact) mass is 590 g/mol. The molecule has 2 aliphatic rings. The summed E-state index contributed by atoms with van der Waals surface area (Å²) >= 11 is 0. The third-order valence-corrected chi connectivity index (χ3v) is 7.77. The van der Waals surface area contributed by atoms with Crippen molar-refractivity contribution < 1.29 is 44.6 Å². The summed E-state index contributed by atoms with van der Waals surface area (Å²) in [4.78, 5) is 14.3. The number of nitrogens with one attached hydrogen (secondary N) is 1. The van der Waals surface area contributed by atoms with Crippen molar-refractivity contribution in [3.63, 3.8) is 0 Å². The highest BCUT2D eigenvalue weighted by Crippen LogP contribution is 2.45. The number of amides is 1. The molecule has 1 saturated heterocycles. The van der Waals surface area contributed by atoms with E-state index in [1.54, 1.807) is 4.72 Å². The fourth-order valence-electron chi connectivity index (χ4n) is 4.98. The van der Waals surface area contributed by atoms with Gasteiger partial charge in [-0.3, -0.25) is 9.69 Å². The van der Waals surface area contributed by atoms with Crippen LogP contribution in [0.3, 0.4) is 0 Å². The van der Waals surface area contributed by atoms with Crippen molar-refractivity contribution in [2.75, 3.05) is 39.7 Å². The summed E-state index contributed by atoms with van der Waals surface area (Å²) in [5.41, 5.74) is -0.719. The molecule has 2 fully saturated rings. The number of alkyl halides is 3. The first-order chi connectivity index (χ1) is 18.8. The number of piperidine rings is 1. The molecule has 1 amide bonds. The number of carbonyl (C=O) groups is 1. The molecule has 0 bridgehead atoms. The Morgan fingerprint density at radius 3 is 2.33 bits per heavy atom. The molecule has 220 valence electrons. The Morgan fingerprint density at radius 1 is 1.07 bits per heavy atom. The normalized spacial score (nSPS) is 18.0. The third kappa shape index (κ3) is 7.49. The Morgan fingerprint density at radius 2 is 1.75 bits per heavy atom. The summed E-state index contributed by atoms with van der Waals surface area (Å²) in [6.07, 6.45) is -1.00. The van der Waals surface area contributed by atoms with Crippen LogP contribution in [-0.4, -0.2) is 58.9 Å². The summed E-state index contributed by atoms with van der Waals surface area (Å²) < 4.78 is 104. The van der Waals surface area contributed by atoms with Crippen LogP contribution in [0.4, 0.5) is 22.0 Å². The number of halogens is 5. The Balaban J connectivity index is 1.41. The molecule has 0 radical (unpaired) electrons. The zero-order chi connectivity index (χ0) is 29.2. The number of hydrogen-bond donors (Lipinski definition) is 1. The van der Waals surface area contributed by atoms with Crippen molar-refractivity contribution in [2.24, 2.45) is 5.92 Å². The summed E-state index contributed by atoms with van der Waals surface area (Å²) in [5.74, 6) is -2.78. The van der Waals surface area contributed by atoms with Crippen molar-refractivity contribution in [1.82, 2.24) is 9.62 Å². The van der Waals surface area contributed by atoms with Gasteiger partial charge in [0.25, 0.3) is 5.91 Å². The number of sulfonamides is 1. The fourth-order valence-corrected chi connectivity index (χ4v) is 5.43. The molecule has 1 saturated carbocycles. The van der Waals surface area contributed by atoms with Gasteiger partial charge in [-0.05, 0) is 79.9 Å². The van der Waals surface area contributed by atoms with Crippen molar-refractivity contribution in [2.45, 2.75) is 43.8 Å². The molecule has 4 rings (SSSR count). The number of hydrogen-bond acceptors (Lipinski definition) is 6. The Kier molecular flexibility index (Phi) is 9.05. The van der Waals surface area contributed by atoms with Gasteiger partial charge in [-0.1, -0.05) is 6.07 Å². The Hall–Kier alpha value is -2.77. The largest absolute Gasteiger partial charge is 0.493 e. The van der Waals surface area contributed by atoms with Gasteiger partial charge in [0, 0.05) is 13.2 Å². The zero-order valence-electron chi connectivity index (χ0n) is 22.1. The van der Waals surface area contributed by atoms with E-state index >= 15 is 0 Å². The molecule has 1 N–H and O–H groups in total. The number of ether oxygens (including phenoxy) is 2. The van der Waals surface area contributed by atoms with Crippen molar-refractivity contribution in [1.29, 1.82) is 0 Å². The van der Waals surface area contributed by atoms with Crippen LogP contribution in [0.1, 0.15) is 64.7 Å². The maximum absolute atomic E-state index is 14.8. The number of likely N-dealkylation sites (tertiary alicyclic amines) is 1. The molecule has 0 spiro atoms. The van der Waals surface area contributed by atoms with E-state index in [1.807, 2.05) is 4.90 Å². The van der Waals surface area contributed by atoms with Crippen LogP contribution in [0.2, 0.25) is 0 Å². The summed E-state index contributed by atoms with van der Waals surface area (Å²) in [6.45, 7) is 1.48. The Bertz CT molecular complexity index is 1340. The van der Waals surface area contributed by atoms with Crippen molar-refractivity contribution >= 4 is 15.9 Å². The van der Waals surface area contributed by atoms with E-state index in [-0.39, 0.29) is 30.6 Å². The van der Waals surface area contributed by atoms with Crippen LogP contribution in [0.5, 0.6) is 5.75 Å². The standard InChI is InChI=1S/C27H31F5N2O5S/c1-38-15-24(18-5-6-22(28)21(11-18)27(30,31)32)34-9-7-16(8-10-34)14-39-25-13-23(29)20(12-19(25)17-3-4-17)26(35)33-40(2,36)37/h5-6,11-13,16-17,24H,3-4,7-10,14-15H2,1-2H3,(H,33,35)/t24-/m1/s1. The topological polar surface area (TPSA) is 84.9 Å². The quantitative estimate of drug-likeness (QED) is 0.391. The smallest absolute Gasteiger partial charge is 0.419 e. The summed E-state index contributed by atoms with van der Waals surface area (Å²) in [7, 11) is -2.41. The van der Waals surface area contributed by atoms with Gasteiger partial charge in [0.2, 0.25) is 10.0 Å². The average molecular weight is 591 g/mol. The van der Waals surface area contributed by atoms with Gasteiger partial charge in [-0.25, -0.2) is 21.9 Å². The lowest BCUT2D eigenvalue weighted by Gasteiger charge is -2.37. The predicted molar refractivity (Wildman–Crippen MR) is 136 cm³/mol. The van der Waals surface area contributed by atoms with Crippen LogP contribution < -0.4 is 9.46 Å². The predicted octanol–water partition coefficient (Wildman–Crippen LogP) is 5.03. The molecule has 0 unspecified atom stereocenters. The SMILES string of the molecule is COC[C@H](c1ccc(F)c(C(F)(F)F)c1)N1CCC(COc2cc(F)c(C(=O)NS(C)(=O)=O)cc2C2CC2)CC1. The van der Waals surface area contributed by atoms with Crippen molar-refractivity contribution in [3.8, 4) is 5.75 Å². The maximum atomic E-state index is 14.8. The number of rotatable bonds is 10. The van der Waals surface area contributed by atoms with Gasteiger partial charge in [-0.2, -0.15) is 13.2 Å². The maximum Gasteiger partial charge on any atom is 0.419 e. The number of carbonyl (C=O) groups excluding carboxylic acids is 1. The van der Waals surface area contributed by atoms with Gasteiger partial charge < -0.3 is 9.47 Å². The minimum atomic E-state index is -4.81. The Labute approximate surface area is 229 Å². The van der Waals surface area contributed by atoms with E-state index in [9.17, 15) is 35.2 Å². The molecule has 0 aromatic heterocycles. The minimum absolute atomic E-state index is 0.0849. The van der Waals surface area contributed by atoms with Gasteiger partial charge in [0.1, 0.15) is 17.4 Å². The molecule has 1 atom stereocenters. The lowest BCUT2D eigenvalue weighted by Crippen LogP contribution is -2.40. The first kappa shape index (κ1) is 30.2. The number of benzene rings is 2. The molecule has 2 aromatic carbocycles. The van der Waals surface area contributed by atoms with E-state index in [1.165, 1.54) is 19.2 Å². The second-order valence-electron chi connectivity index (χ2n) is 10.3. The molecular formula is C27H31F5N2O5S. The van der Waals surface area contributed by atoms with Gasteiger partial charge in [0.15, 0.2) is 0 Å². The molecule has 1 aliphatic carbocycles.